The van der Waals surface area contributed by atoms with E-state index in [1.165, 1.54) is 4.90 Å². The van der Waals surface area contributed by atoms with Crippen molar-refractivity contribution < 1.29 is 17.7 Å². The average molecular weight is 366 g/mol. The standard InChI is InChI=1S/C11H18F3N5O.2ClH/c12-11(13,14)8-19-3-1-2-18(4-5-19)7-9-16-10(6-15)20-17-9;;/h1-8,15H2;2*1H. The van der Waals surface area contributed by atoms with Gasteiger partial charge in [-0.2, -0.15) is 18.2 Å². The maximum absolute atomic E-state index is 12.4. The average Bonchev–Trinajstić information content (AvgIpc) is 2.70. The topological polar surface area (TPSA) is 71.4 Å². The molecule has 22 heavy (non-hydrogen) atoms. The third-order valence-electron chi connectivity index (χ3n) is 3.13. The predicted octanol–water partition coefficient (Wildman–Crippen LogP) is 1.44. The summed E-state index contributed by atoms with van der Waals surface area (Å²) >= 11 is 0. The van der Waals surface area contributed by atoms with Gasteiger partial charge < -0.3 is 10.3 Å². The molecule has 1 aromatic heterocycles. The maximum atomic E-state index is 12.4. The Kier molecular flexibility index (Phi) is 9.25. The molecule has 1 aliphatic rings. The first-order valence-corrected chi connectivity index (χ1v) is 6.49. The van der Waals surface area contributed by atoms with E-state index in [0.29, 0.717) is 44.3 Å². The van der Waals surface area contributed by atoms with Gasteiger partial charge in [-0.15, -0.1) is 24.8 Å². The molecule has 0 radical (unpaired) electrons. The Balaban J connectivity index is 0.00000220. The number of hydrogen-bond acceptors (Lipinski definition) is 6. The zero-order valence-electron chi connectivity index (χ0n) is 11.9. The molecular weight excluding hydrogens is 346 g/mol. The van der Waals surface area contributed by atoms with Crippen LogP contribution in [0.3, 0.4) is 0 Å². The van der Waals surface area contributed by atoms with Crippen LogP contribution in [0.15, 0.2) is 4.52 Å². The molecule has 1 aliphatic heterocycles. The lowest BCUT2D eigenvalue weighted by molar-refractivity contribution is -0.145. The van der Waals surface area contributed by atoms with Gasteiger partial charge in [0.1, 0.15) is 0 Å². The van der Waals surface area contributed by atoms with E-state index in [2.05, 4.69) is 10.1 Å². The molecule has 1 saturated heterocycles. The first kappa shape index (κ1) is 21.4. The van der Waals surface area contributed by atoms with Crippen molar-refractivity contribution in [3.63, 3.8) is 0 Å². The Morgan fingerprint density at radius 2 is 1.73 bits per heavy atom. The molecule has 2 heterocycles. The van der Waals surface area contributed by atoms with Crippen LogP contribution in [0, 0.1) is 0 Å². The van der Waals surface area contributed by atoms with Crippen molar-refractivity contribution >= 4 is 24.8 Å². The van der Waals surface area contributed by atoms with Gasteiger partial charge in [-0.25, -0.2) is 0 Å². The molecule has 1 aromatic rings. The van der Waals surface area contributed by atoms with Crippen LogP contribution in [0.25, 0.3) is 0 Å². The summed E-state index contributed by atoms with van der Waals surface area (Å²) in [6.45, 7) is 1.94. The maximum Gasteiger partial charge on any atom is 0.401 e. The number of rotatable bonds is 4. The number of nitrogens with two attached hydrogens (primary N) is 1. The van der Waals surface area contributed by atoms with Gasteiger partial charge in [0.15, 0.2) is 5.82 Å². The Hall–Kier alpha value is -0.610. The number of alkyl halides is 3. The molecule has 6 nitrogen and oxygen atoms in total. The third kappa shape index (κ3) is 7.10. The summed E-state index contributed by atoms with van der Waals surface area (Å²) < 4.78 is 42.0. The van der Waals surface area contributed by atoms with E-state index in [0.717, 1.165) is 6.54 Å². The van der Waals surface area contributed by atoms with Crippen molar-refractivity contribution in [3.05, 3.63) is 11.7 Å². The monoisotopic (exact) mass is 365 g/mol. The summed E-state index contributed by atoms with van der Waals surface area (Å²) in [5.41, 5.74) is 5.38. The molecule has 0 amide bonds. The highest BCUT2D eigenvalue weighted by atomic mass is 35.5. The Labute approximate surface area is 139 Å². The second kappa shape index (κ2) is 9.51. The fourth-order valence-electron chi connectivity index (χ4n) is 2.23. The van der Waals surface area contributed by atoms with Crippen molar-refractivity contribution in [2.45, 2.75) is 25.7 Å². The van der Waals surface area contributed by atoms with Gasteiger partial charge in [-0.05, 0) is 19.5 Å². The van der Waals surface area contributed by atoms with Crippen molar-refractivity contribution in [3.8, 4) is 0 Å². The van der Waals surface area contributed by atoms with Gasteiger partial charge >= 0.3 is 6.18 Å². The zero-order valence-corrected chi connectivity index (χ0v) is 13.5. The Bertz CT molecular complexity index is 432. The number of aromatic nitrogens is 2. The lowest BCUT2D eigenvalue weighted by atomic mass is 10.3. The van der Waals surface area contributed by atoms with Crippen molar-refractivity contribution in [2.75, 3.05) is 32.7 Å². The molecule has 130 valence electrons. The molecule has 1 fully saturated rings. The summed E-state index contributed by atoms with van der Waals surface area (Å²) in [5.74, 6) is 0.892. The van der Waals surface area contributed by atoms with Crippen LogP contribution < -0.4 is 5.73 Å². The van der Waals surface area contributed by atoms with E-state index in [-0.39, 0.29) is 31.4 Å². The molecule has 2 N–H and O–H groups in total. The highest BCUT2D eigenvalue weighted by molar-refractivity contribution is 5.85. The lowest BCUT2D eigenvalue weighted by Crippen LogP contribution is -2.37. The first-order chi connectivity index (χ1) is 9.46. The molecule has 2 rings (SSSR count). The summed E-state index contributed by atoms with van der Waals surface area (Å²) in [6.07, 6.45) is -3.45. The summed E-state index contributed by atoms with van der Waals surface area (Å²) in [6, 6.07) is 0. The van der Waals surface area contributed by atoms with Crippen LogP contribution in [-0.4, -0.2) is 58.8 Å². The first-order valence-electron chi connectivity index (χ1n) is 6.49. The minimum Gasteiger partial charge on any atom is -0.338 e. The predicted molar refractivity (Wildman–Crippen MR) is 79.1 cm³/mol. The third-order valence-corrected chi connectivity index (χ3v) is 3.13. The molecule has 0 atom stereocenters. The lowest BCUT2D eigenvalue weighted by Gasteiger charge is -2.21. The Morgan fingerprint density at radius 3 is 2.32 bits per heavy atom. The molecule has 0 bridgehead atoms. The van der Waals surface area contributed by atoms with E-state index in [9.17, 15) is 13.2 Å². The van der Waals surface area contributed by atoms with E-state index in [1.54, 1.807) is 0 Å². The quantitative estimate of drug-likeness (QED) is 0.870. The SMILES string of the molecule is Cl.Cl.NCc1nc(CN2CCCN(CC(F)(F)F)CC2)no1. The second-order valence-corrected chi connectivity index (χ2v) is 4.83. The molecule has 11 heteroatoms. The molecule has 0 unspecified atom stereocenters. The minimum atomic E-state index is -4.14. The van der Waals surface area contributed by atoms with Gasteiger partial charge in [0, 0.05) is 13.1 Å². The van der Waals surface area contributed by atoms with E-state index < -0.39 is 12.7 Å². The van der Waals surface area contributed by atoms with E-state index in [1.807, 2.05) is 4.90 Å². The van der Waals surface area contributed by atoms with Gasteiger partial charge in [0.05, 0.1) is 19.6 Å². The molecule has 0 aliphatic carbocycles. The van der Waals surface area contributed by atoms with Crippen molar-refractivity contribution in [2.24, 2.45) is 5.73 Å². The van der Waals surface area contributed by atoms with Gasteiger partial charge in [-0.1, -0.05) is 5.16 Å². The number of nitrogens with zero attached hydrogens (tertiary/aromatic N) is 4. The second-order valence-electron chi connectivity index (χ2n) is 4.83. The highest BCUT2D eigenvalue weighted by Gasteiger charge is 2.31. The van der Waals surface area contributed by atoms with Crippen LogP contribution in [0.1, 0.15) is 18.1 Å². The number of halogens is 5. The number of hydrogen-bond donors (Lipinski definition) is 1. The van der Waals surface area contributed by atoms with Crippen molar-refractivity contribution in [1.29, 1.82) is 0 Å². The van der Waals surface area contributed by atoms with Crippen LogP contribution in [0.2, 0.25) is 0 Å². The molecule has 0 aromatic carbocycles. The smallest absolute Gasteiger partial charge is 0.338 e. The molecular formula is C11H20Cl2F3N5O. The van der Waals surface area contributed by atoms with Crippen LogP contribution in [0.4, 0.5) is 13.2 Å². The fourth-order valence-corrected chi connectivity index (χ4v) is 2.23. The zero-order chi connectivity index (χ0) is 14.6. The van der Waals surface area contributed by atoms with Crippen LogP contribution in [0.5, 0.6) is 0 Å². The van der Waals surface area contributed by atoms with Gasteiger partial charge in [0.2, 0.25) is 5.89 Å². The highest BCUT2D eigenvalue weighted by Crippen LogP contribution is 2.17. The van der Waals surface area contributed by atoms with Gasteiger partial charge in [0.25, 0.3) is 0 Å². The fraction of sp³-hybridized carbons (Fsp3) is 0.818. The summed E-state index contributed by atoms with van der Waals surface area (Å²) in [5, 5.41) is 3.79. The van der Waals surface area contributed by atoms with Crippen molar-refractivity contribution in [1.82, 2.24) is 19.9 Å². The summed E-state index contributed by atoms with van der Waals surface area (Å²) in [4.78, 5) is 7.56. The normalized spacial score (nSPS) is 17.5. The molecule has 0 saturated carbocycles. The van der Waals surface area contributed by atoms with E-state index in [4.69, 9.17) is 10.3 Å². The summed E-state index contributed by atoms with van der Waals surface area (Å²) in [7, 11) is 0. The minimum absolute atomic E-state index is 0. The largest absolute Gasteiger partial charge is 0.401 e. The van der Waals surface area contributed by atoms with Gasteiger partial charge in [-0.3, -0.25) is 9.80 Å². The van der Waals surface area contributed by atoms with Crippen LogP contribution in [-0.2, 0) is 13.1 Å². The van der Waals surface area contributed by atoms with E-state index >= 15 is 0 Å². The molecule has 0 spiro atoms. The van der Waals surface area contributed by atoms with Crippen LogP contribution >= 0.6 is 24.8 Å². The Morgan fingerprint density at radius 1 is 1.09 bits per heavy atom.